The van der Waals surface area contributed by atoms with Crippen molar-refractivity contribution in [1.29, 1.82) is 0 Å². The number of furan rings is 1. The van der Waals surface area contributed by atoms with Crippen LogP contribution in [0.5, 0.6) is 0 Å². The molecular weight excluding hydrogens is 360 g/mol. The maximum atomic E-state index is 12.2. The molecule has 138 valence electrons. The molecule has 2 amide bonds. The van der Waals surface area contributed by atoms with Gasteiger partial charge in [0.1, 0.15) is 0 Å². The van der Waals surface area contributed by atoms with Gasteiger partial charge in [0.15, 0.2) is 5.76 Å². The number of aryl methyl sites for hydroxylation is 2. The number of hydrogen-bond donors (Lipinski definition) is 2. The molecule has 2 N–H and O–H groups in total. The summed E-state index contributed by atoms with van der Waals surface area (Å²) in [6.45, 7) is 4.01. The Kier molecular flexibility index (Phi) is 5.98. The summed E-state index contributed by atoms with van der Waals surface area (Å²) in [4.78, 5) is 25.0. The van der Waals surface area contributed by atoms with Crippen LogP contribution in [0.3, 0.4) is 0 Å². The second kappa shape index (κ2) is 8.60. The molecule has 3 rings (SSSR count). The maximum Gasteiger partial charge on any atom is 0.291 e. The molecule has 0 bridgehead atoms. The number of nitrogens with one attached hydrogen (secondary N) is 2. The van der Waals surface area contributed by atoms with Gasteiger partial charge in [-0.15, -0.1) is 11.8 Å². The summed E-state index contributed by atoms with van der Waals surface area (Å²) >= 11 is 1.44. The fourth-order valence-corrected chi connectivity index (χ4v) is 3.33. The molecule has 0 unspecified atom stereocenters. The first-order chi connectivity index (χ1) is 13.0. The van der Waals surface area contributed by atoms with Gasteiger partial charge in [0.2, 0.25) is 5.91 Å². The van der Waals surface area contributed by atoms with Gasteiger partial charge >= 0.3 is 0 Å². The van der Waals surface area contributed by atoms with Gasteiger partial charge in [0, 0.05) is 16.3 Å². The summed E-state index contributed by atoms with van der Waals surface area (Å²) in [7, 11) is 0. The molecule has 0 aliphatic carbocycles. The van der Waals surface area contributed by atoms with Crippen molar-refractivity contribution in [1.82, 2.24) is 0 Å². The Hall–Kier alpha value is -2.99. The topological polar surface area (TPSA) is 71.3 Å². The van der Waals surface area contributed by atoms with E-state index in [9.17, 15) is 9.59 Å². The van der Waals surface area contributed by atoms with Crippen LogP contribution in [-0.4, -0.2) is 17.6 Å². The van der Waals surface area contributed by atoms with Crippen molar-refractivity contribution in [3.63, 3.8) is 0 Å². The van der Waals surface area contributed by atoms with E-state index in [1.807, 2.05) is 38.1 Å². The van der Waals surface area contributed by atoms with Crippen LogP contribution >= 0.6 is 11.8 Å². The molecule has 2 aromatic carbocycles. The Labute approximate surface area is 162 Å². The molecule has 0 aliphatic heterocycles. The molecule has 3 aromatic rings. The lowest BCUT2D eigenvalue weighted by molar-refractivity contribution is -0.113. The van der Waals surface area contributed by atoms with Crippen molar-refractivity contribution in [3.05, 3.63) is 77.7 Å². The van der Waals surface area contributed by atoms with Crippen molar-refractivity contribution in [2.24, 2.45) is 0 Å². The summed E-state index contributed by atoms with van der Waals surface area (Å²) in [5.41, 5.74) is 3.71. The standard InChI is InChI=1S/C21H20N2O3S/c1-14-10-15(2)12-17(11-14)22-20(24)13-27-18-7-5-16(6-8-18)23-21(25)19-4-3-9-26-19/h3-12H,13H2,1-2H3,(H,22,24)(H,23,25). The lowest BCUT2D eigenvalue weighted by atomic mass is 10.1. The molecule has 1 aromatic heterocycles. The molecule has 0 atom stereocenters. The molecule has 6 heteroatoms. The van der Waals surface area contributed by atoms with Crippen molar-refractivity contribution in [2.45, 2.75) is 18.7 Å². The van der Waals surface area contributed by atoms with E-state index >= 15 is 0 Å². The number of rotatable bonds is 6. The van der Waals surface area contributed by atoms with Gasteiger partial charge < -0.3 is 15.1 Å². The molecule has 5 nitrogen and oxygen atoms in total. The van der Waals surface area contributed by atoms with Crippen LogP contribution < -0.4 is 10.6 Å². The minimum Gasteiger partial charge on any atom is -0.459 e. The average Bonchev–Trinajstić information content (AvgIpc) is 3.15. The highest BCUT2D eigenvalue weighted by molar-refractivity contribution is 8.00. The summed E-state index contributed by atoms with van der Waals surface area (Å²) in [5, 5.41) is 5.68. The highest BCUT2D eigenvalue weighted by Gasteiger charge is 2.09. The second-order valence-electron chi connectivity index (χ2n) is 6.17. The van der Waals surface area contributed by atoms with Crippen molar-refractivity contribution in [3.8, 4) is 0 Å². The molecule has 0 saturated carbocycles. The minimum atomic E-state index is -0.298. The fourth-order valence-electron chi connectivity index (χ4n) is 2.63. The average molecular weight is 380 g/mol. The zero-order valence-corrected chi connectivity index (χ0v) is 15.9. The Morgan fingerprint density at radius 1 is 0.926 bits per heavy atom. The Morgan fingerprint density at radius 2 is 1.63 bits per heavy atom. The molecule has 0 spiro atoms. The summed E-state index contributed by atoms with van der Waals surface area (Å²) in [6.07, 6.45) is 1.46. The second-order valence-corrected chi connectivity index (χ2v) is 7.22. The largest absolute Gasteiger partial charge is 0.459 e. The van der Waals surface area contributed by atoms with E-state index in [0.717, 1.165) is 21.7 Å². The Balaban J connectivity index is 1.51. The minimum absolute atomic E-state index is 0.0554. The molecule has 27 heavy (non-hydrogen) atoms. The predicted molar refractivity (Wildman–Crippen MR) is 108 cm³/mol. The summed E-state index contributed by atoms with van der Waals surface area (Å²) < 4.78 is 5.06. The number of hydrogen-bond acceptors (Lipinski definition) is 4. The first-order valence-electron chi connectivity index (χ1n) is 8.45. The molecule has 1 heterocycles. The number of benzene rings is 2. The zero-order chi connectivity index (χ0) is 19.2. The third kappa shape index (κ3) is 5.49. The van der Waals surface area contributed by atoms with Gasteiger partial charge in [0.25, 0.3) is 5.91 Å². The van der Waals surface area contributed by atoms with Gasteiger partial charge in [-0.25, -0.2) is 0 Å². The van der Waals surface area contributed by atoms with Crippen molar-refractivity contribution in [2.75, 3.05) is 16.4 Å². The lowest BCUT2D eigenvalue weighted by Crippen LogP contribution is -2.14. The van der Waals surface area contributed by atoms with E-state index in [4.69, 9.17) is 4.42 Å². The number of amides is 2. The molecule has 0 fully saturated rings. The fraction of sp³-hybridized carbons (Fsp3) is 0.143. The highest BCUT2D eigenvalue weighted by Crippen LogP contribution is 2.21. The number of anilines is 2. The number of carbonyl (C=O) groups excluding carboxylic acids is 2. The number of thioether (sulfide) groups is 1. The SMILES string of the molecule is Cc1cc(C)cc(NC(=O)CSc2ccc(NC(=O)c3ccco3)cc2)c1. The van der Waals surface area contributed by atoms with Gasteiger partial charge in [-0.2, -0.15) is 0 Å². The molecular formula is C21H20N2O3S. The van der Waals surface area contributed by atoms with E-state index in [0.29, 0.717) is 11.4 Å². The van der Waals surface area contributed by atoms with Crippen LogP contribution in [0.25, 0.3) is 0 Å². The van der Waals surface area contributed by atoms with Crippen LogP contribution in [0.2, 0.25) is 0 Å². The molecule has 0 saturated heterocycles. The normalized spacial score (nSPS) is 10.4. The first-order valence-corrected chi connectivity index (χ1v) is 9.44. The first kappa shape index (κ1) is 18.8. The van der Waals surface area contributed by atoms with E-state index in [-0.39, 0.29) is 17.6 Å². The van der Waals surface area contributed by atoms with Crippen LogP contribution in [0, 0.1) is 13.8 Å². The van der Waals surface area contributed by atoms with E-state index in [1.165, 1.54) is 18.0 Å². The Morgan fingerprint density at radius 3 is 2.26 bits per heavy atom. The van der Waals surface area contributed by atoms with Gasteiger partial charge in [0.05, 0.1) is 12.0 Å². The monoisotopic (exact) mass is 380 g/mol. The van der Waals surface area contributed by atoms with Gasteiger partial charge in [-0.3, -0.25) is 9.59 Å². The predicted octanol–water partition coefficient (Wildman–Crippen LogP) is 4.88. The highest BCUT2D eigenvalue weighted by atomic mass is 32.2. The van der Waals surface area contributed by atoms with E-state index < -0.39 is 0 Å². The molecule has 0 aliphatic rings. The van der Waals surface area contributed by atoms with Gasteiger partial charge in [-0.1, -0.05) is 6.07 Å². The third-order valence-corrected chi connectivity index (χ3v) is 4.74. The Bertz CT molecular complexity index is 914. The summed E-state index contributed by atoms with van der Waals surface area (Å²) in [5.74, 6) is 0.218. The van der Waals surface area contributed by atoms with Crippen LogP contribution in [0.1, 0.15) is 21.7 Å². The van der Waals surface area contributed by atoms with Crippen LogP contribution in [-0.2, 0) is 4.79 Å². The van der Waals surface area contributed by atoms with Crippen LogP contribution in [0.4, 0.5) is 11.4 Å². The van der Waals surface area contributed by atoms with Crippen LogP contribution in [0.15, 0.2) is 70.2 Å². The van der Waals surface area contributed by atoms with E-state index in [1.54, 1.807) is 24.3 Å². The van der Waals surface area contributed by atoms with E-state index in [2.05, 4.69) is 16.7 Å². The van der Waals surface area contributed by atoms with Gasteiger partial charge in [-0.05, 0) is 73.5 Å². The van der Waals surface area contributed by atoms with Crippen molar-refractivity contribution >= 4 is 35.0 Å². The maximum absolute atomic E-state index is 12.2. The smallest absolute Gasteiger partial charge is 0.291 e. The molecule has 0 radical (unpaired) electrons. The van der Waals surface area contributed by atoms with Crippen molar-refractivity contribution < 1.29 is 14.0 Å². The number of carbonyl (C=O) groups is 2. The quantitative estimate of drug-likeness (QED) is 0.598. The zero-order valence-electron chi connectivity index (χ0n) is 15.1. The lowest BCUT2D eigenvalue weighted by Gasteiger charge is -2.08. The summed E-state index contributed by atoms with van der Waals surface area (Å²) in [6, 6.07) is 16.6. The third-order valence-electron chi connectivity index (χ3n) is 3.73.